The monoisotopic (exact) mass is 260 g/mol. The zero-order valence-corrected chi connectivity index (χ0v) is 10.3. The average Bonchev–Trinajstić information content (AvgIpc) is 2.41. The van der Waals surface area contributed by atoms with Gasteiger partial charge in [-0.15, -0.1) is 0 Å². The first-order chi connectivity index (χ1) is 8.65. The summed E-state index contributed by atoms with van der Waals surface area (Å²) in [6.07, 6.45) is 0. The van der Waals surface area contributed by atoms with E-state index in [4.69, 9.17) is 21.6 Å². The highest BCUT2D eigenvalue weighted by molar-refractivity contribution is 6.33. The Morgan fingerprint density at radius 3 is 2.56 bits per heavy atom. The van der Waals surface area contributed by atoms with Gasteiger partial charge in [-0.3, -0.25) is 4.79 Å². The van der Waals surface area contributed by atoms with Crippen LogP contribution in [0, 0.1) is 11.3 Å². The number of nitrogens with zero attached hydrogens (tertiary/aromatic N) is 1. The van der Waals surface area contributed by atoms with Crippen LogP contribution in [0.3, 0.4) is 0 Å². The number of nitriles is 1. The SMILES string of the molecule is COc1ccc(-c2[nH]c(=O)c(C#N)cc2Cl)cc1. The van der Waals surface area contributed by atoms with Crippen LogP contribution >= 0.6 is 11.6 Å². The van der Waals surface area contributed by atoms with Crippen molar-refractivity contribution in [3.05, 3.63) is 51.3 Å². The number of aromatic nitrogens is 1. The van der Waals surface area contributed by atoms with Gasteiger partial charge in [0.1, 0.15) is 17.4 Å². The number of hydrogen-bond donors (Lipinski definition) is 1. The summed E-state index contributed by atoms with van der Waals surface area (Å²) >= 11 is 6.04. The summed E-state index contributed by atoms with van der Waals surface area (Å²) in [6, 6.07) is 10.2. The fourth-order valence-electron chi connectivity index (χ4n) is 1.56. The molecule has 0 fully saturated rings. The summed E-state index contributed by atoms with van der Waals surface area (Å²) in [4.78, 5) is 14.2. The summed E-state index contributed by atoms with van der Waals surface area (Å²) in [7, 11) is 1.57. The fraction of sp³-hybridized carbons (Fsp3) is 0.0769. The number of hydrogen-bond acceptors (Lipinski definition) is 3. The van der Waals surface area contributed by atoms with Gasteiger partial charge in [0.2, 0.25) is 0 Å². The third kappa shape index (κ3) is 2.22. The molecule has 0 aliphatic carbocycles. The zero-order chi connectivity index (χ0) is 13.1. The maximum absolute atomic E-state index is 11.6. The van der Waals surface area contributed by atoms with Gasteiger partial charge in [0.25, 0.3) is 5.56 Å². The van der Waals surface area contributed by atoms with Gasteiger partial charge in [0, 0.05) is 0 Å². The minimum absolute atomic E-state index is 0.00254. The fourth-order valence-corrected chi connectivity index (χ4v) is 1.82. The van der Waals surface area contributed by atoms with Crippen molar-refractivity contribution in [2.45, 2.75) is 0 Å². The van der Waals surface area contributed by atoms with Crippen molar-refractivity contribution in [1.29, 1.82) is 5.26 Å². The Balaban J connectivity index is 2.54. The Morgan fingerprint density at radius 2 is 2.00 bits per heavy atom. The molecule has 0 saturated heterocycles. The molecule has 1 aromatic heterocycles. The van der Waals surface area contributed by atoms with Crippen LogP contribution in [0.4, 0.5) is 0 Å². The standard InChI is InChI=1S/C13H9ClN2O2/c1-18-10-4-2-8(3-5-10)12-11(14)6-9(7-15)13(17)16-12/h2-6H,1H3,(H,16,17). The van der Waals surface area contributed by atoms with Gasteiger partial charge in [-0.25, -0.2) is 0 Å². The quantitative estimate of drug-likeness (QED) is 0.902. The number of halogens is 1. The lowest BCUT2D eigenvalue weighted by Gasteiger charge is -2.06. The minimum atomic E-state index is -0.451. The van der Waals surface area contributed by atoms with Crippen LogP contribution in [-0.2, 0) is 0 Å². The van der Waals surface area contributed by atoms with Crippen molar-refractivity contribution in [1.82, 2.24) is 4.98 Å². The number of pyridine rings is 1. The molecule has 2 rings (SSSR count). The molecule has 0 unspecified atom stereocenters. The zero-order valence-electron chi connectivity index (χ0n) is 9.53. The van der Waals surface area contributed by atoms with E-state index in [0.717, 1.165) is 5.56 Å². The highest BCUT2D eigenvalue weighted by Gasteiger charge is 2.08. The average molecular weight is 261 g/mol. The van der Waals surface area contributed by atoms with Gasteiger partial charge >= 0.3 is 0 Å². The van der Waals surface area contributed by atoms with E-state index in [2.05, 4.69) is 4.98 Å². The summed E-state index contributed by atoms with van der Waals surface area (Å²) in [5.41, 5.74) is 0.788. The van der Waals surface area contributed by atoms with Gasteiger partial charge in [-0.05, 0) is 35.9 Å². The second-order valence-electron chi connectivity index (χ2n) is 3.58. The van der Waals surface area contributed by atoms with Gasteiger partial charge in [-0.1, -0.05) is 11.6 Å². The molecule has 90 valence electrons. The highest BCUT2D eigenvalue weighted by atomic mass is 35.5. The molecule has 0 aliphatic rings. The molecule has 0 bridgehead atoms. The molecule has 1 aromatic carbocycles. The van der Waals surface area contributed by atoms with E-state index < -0.39 is 5.56 Å². The van der Waals surface area contributed by atoms with E-state index in [1.807, 2.05) is 0 Å². The Labute approximate surface area is 108 Å². The third-order valence-corrected chi connectivity index (χ3v) is 2.79. The van der Waals surface area contributed by atoms with Crippen LogP contribution in [0.25, 0.3) is 11.3 Å². The van der Waals surface area contributed by atoms with Crippen molar-refractivity contribution < 1.29 is 4.74 Å². The number of rotatable bonds is 2. The second-order valence-corrected chi connectivity index (χ2v) is 3.98. The number of benzene rings is 1. The molecule has 0 amide bonds. The highest BCUT2D eigenvalue weighted by Crippen LogP contribution is 2.26. The van der Waals surface area contributed by atoms with Crippen molar-refractivity contribution in [3.8, 4) is 23.1 Å². The van der Waals surface area contributed by atoms with E-state index in [1.165, 1.54) is 6.07 Å². The molecule has 0 spiro atoms. The molecule has 0 aliphatic heterocycles. The third-order valence-electron chi connectivity index (χ3n) is 2.49. The van der Waals surface area contributed by atoms with E-state index in [0.29, 0.717) is 16.5 Å². The van der Waals surface area contributed by atoms with Crippen molar-refractivity contribution >= 4 is 11.6 Å². The predicted molar refractivity (Wildman–Crippen MR) is 68.8 cm³/mol. The van der Waals surface area contributed by atoms with Crippen LogP contribution in [0.5, 0.6) is 5.75 Å². The molecule has 1 N–H and O–H groups in total. The molecule has 0 saturated carbocycles. The lowest BCUT2D eigenvalue weighted by molar-refractivity contribution is 0.415. The van der Waals surface area contributed by atoms with Gasteiger partial charge < -0.3 is 9.72 Å². The number of aromatic amines is 1. The summed E-state index contributed by atoms with van der Waals surface area (Å²) in [5, 5.41) is 9.06. The minimum Gasteiger partial charge on any atom is -0.497 e. The van der Waals surface area contributed by atoms with Crippen LogP contribution < -0.4 is 10.3 Å². The van der Waals surface area contributed by atoms with Crippen molar-refractivity contribution in [3.63, 3.8) is 0 Å². The lowest BCUT2D eigenvalue weighted by Crippen LogP contribution is -2.10. The molecule has 2 aromatic rings. The van der Waals surface area contributed by atoms with Crippen LogP contribution in [0.1, 0.15) is 5.56 Å². The van der Waals surface area contributed by atoms with E-state index >= 15 is 0 Å². The van der Waals surface area contributed by atoms with Crippen LogP contribution in [-0.4, -0.2) is 12.1 Å². The smallest absolute Gasteiger partial charge is 0.266 e. The molecule has 5 heteroatoms. The van der Waals surface area contributed by atoms with E-state index in [9.17, 15) is 4.79 Å². The Bertz CT molecular complexity index is 669. The first kappa shape index (κ1) is 12.2. The van der Waals surface area contributed by atoms with Gasteiger partial charge in [0.05, 0.1) is 17.8 Å². The first-order valence-corrected chi connectivity index (χ1v) is 5.51. The van der Waals surface area contributed by atoms with Gasteiger partial charge in [0.15, 0.2) is 0 Å². The molecular formula is C13H9ClN2O2. The topological polar surface area (TPSA) is 65.9 Å². The molecule has 0 atom stereocenters. The Kier molecular flexibility index (Phi) is 3.35. The number of ether oxygens (including phenoxy) is 1. The molecule has 4 nitrogen and oxygen atoms in total. The maximum Gasteiger partial charge on any atom is 0.266 e. The number of H-pyrrole nitrogens is 1. The number of nitrogens with one attached hydrogen (secondary N) is 1. The van der Waals surface area contributed by atoms with Crippen molar-refractivity contribution in [2.75, 3.05) is 7.11 Å². The number of methoxy groups -OCH3 is 1. The van der Waals surface area contributed by atoms with Crippen LogP contribution in [0.2, 0.25) is 5.02 Å². The maximum atomic E-state index is 11.6. The summed E-state index contributed by atoms with van der Waals surface area (Å²) in [5.74, 6) is 0.714. The molecule has 1 heterocycles. The van der Waals surface area contributed by atoms with E-state index in [-0.39, 0.29) is 5.56 Å². The lowest BCUT2D eigenvalue weighted by atomic mass is 10.1. The van der Waals surface area contributed by atoms with Crippen molar-refractivity contribution in [2.24, 2.45) is 0 Å². The van der Waals surface area contributed by atoms with Crippen LogP contribution in [0.15, 0.2) is 35.1 Å². The second kappa shape index (κ2) is 4.94. The molecule has 18 heavy (non-hydrogen) atoms. The summed E-state index contributed by atoms with van der Waals surface area (Å²) in [6.45, 7) is 0. The summed E-state index contributed by atoms with van der Waals surface area (Å²) < 4.78 is 5.05. The van der Waals surface area contributed by atoms with E-state index in [1.54, 1.807) is 37.4 Å². The normalized spacial score (nSPS) is 9.83. The predicted octanol–water partition coefficient (Wildman–Crippen LogP) is 2.58. The van der Waals surface area contributed by atoms with Gasteiger partial charge in [-0.2, -0.15) is 5.26 Å². The molecular weight excluding hydrogens is 252 g/mol. The first-order valence-electron chi connectivity index (χ1n) is 5.13. The molecule has 0 radical (unpaired) electrons. The Hall–Kier alpha value is -2.25. The Morgan fingerprint density at radius 1 is 1.33 bits per heavy atom. The largest absolute Gasteiger partial charge is 0.497 e.